The summed E-state index contributed by atoms with van der Waals surface area (Å²) in [5, 5.41) is 12.3. The Kier molecular flexibility index (Phi) is 8.50. The highest BCUT2D eigenvalue weighted by molar-refractivity contribution is 5.79. The van der Waals surface area contributed by atoms with Crippen molar-refractivity contribution < 1.29 is 4.79 Å². The first-order valence-electron chi connectivity index (χ1n) is 13.7. The van der Waals surface area contributed by atoms with Crippen LogP contribution in [0.4, 0.5) is 0 Å². The average molecular weight is 518 g/mol. The molecular weight excluding hydrogens is 482 g/mol. The summed E-state index contributed by atoms with van der Waals surface area (Å²) in [4.78, 5) is 20.3. The van der Waals surface area contributed by atoms with Gasteiger partial charge in [0.2, 0.25) is 5.91 Å². The van der Waals surface area contributed by atoms with Crippen LogP contribution in [0.5, 0.6) is 0 Å². The molecule has 1 aromatic heterocycles. The molecule has 1 N–H and O–H groups in total. The van der Waals surface area contributed by atoms with Crippen molar-refractivity contribution in [3.05, 3.63) is 125 Å². The summed E-state index contributed by atoms with van der Waals surface area (Å²) in [5.41, 5.74) is 5.39. The van der Waals surface area contributed by atoms with Gasteiger partial charge < -0.3 is 9.88 Å². The number of amides is 1. The van der Waals surface area contributed by atoms with Crippen molar-refractivity contribution in [1.29, 1.82) is 5.26 Å². The van der Waals surface area contributed by atoms with Crippen LogP contribution in [0, 0.1) is 24.2 Å². The largest absolute Gasteiger partial charge is 0.355 e. The molecule has 1 amide bonds. The molecule has 1 aliphatic rings. The first kappa shape index (κ1) is 26.4. The minimum atomic E-state index is -0.0287. The molecule has 5 rings (SSSR count). The molecule has 0 spiro atoms. The van der Waals surface area contributed by atoms with Gasteiger partial charge in [-0.05, 0) is 55.1 Å². The second-order valence-electron chi connectivity index (χ2n) is 10.3. The molecule has 2 heterocycles. The standard InChI is InChI=1S/C33H35N5O/c1-25-36-22-31(38(25)23-27-16-14-26(21-34)15-17-27)18-19-35-33(39)30-13-8-20-37(24-30)32(28-9-4-2-5-10-28)29-11-6-3-7-12-29/h2-7,9-12,14-17,22,30,32H,8,13,18-20,23-24H2,1H3,(H,35,39). The van der Waals surface area contributed by atoms with Crippen molar-refractivity contribution in [2.45, 2.75) is 38.8 Å². The number of carbonyl (C=O) groups excluding carboxylic acids is 1. The summed E-state index contributed by atoms with van der Waals surface area (Å²) < 4.78 is 2.18. The smallest absolute Gasteiger partial charge is 0.224 e. The van der Waals surface area contributed by atoms with Crippen LogP contribution in [0.1, 0.15) is 52.7 Å². The van der Waals surface area contributed by atoms with E-state index in [1.54, 1.807) is 0 Å². The van der Waals surface area contributed by atoms with E-state index in [9.17, 15) is 4.79 Å². The van der Waals surface area contributed by atoms with Crippen LogP contribution in [0.15, 0.2) is 91.1 Å². The van der Waals surface area contributed by atoms with Gasteiger partial charge in [0.1, 0.15) is 5.82 Å². The lowest BCUT2D eigenvalue weighted by molar-refractivity contribution is -0.126. The molecule has 4 aromatic rings. The van der Waals surface area contributed by atoms with Gasteiger partial charge in [-0.15, -0.1) is 0 Å². The number of benzene rings is 3. The monoisotopic (exact) mass is 517 g/mol. The predicted molar refractivity (Wildman–Crippen MR) is 153 cm³/mol. The Balaban J connectivity index is 1.21. The van der Waals surface area contributed by atoms with E-state index in [4.69, 9.17) is 5.26 Å². The molecule has 39 heavy (non-hydrogen) atoms. The minimum Gasteiger partial charge on any atom is -0.355 e. The summed E-state index contributed by atoms with van der Waals surface area (Å²) in [7, 11) is 0. The van der Waals surface area contributed by atoms with Crippen molar-refractivity contribution in [2.24, 2.45) is 5.92 Å². The second-order valence-corrected chi connectivity index (χ2v) is 10.3. The van der Waals surface area contributed by atoms with E-state index in [1.807, 2.05) is 37.4 Å². The van der Waals surface area contributed by atoms with E-state index in [2.05, 4.69) is 86.5 Å². The summed E-state index contributed by atoms with van der Waals surface area (Å²) in [6.07, 6.45) is 4.53. The molecule has 0 radical (unpaired) electrons. The molecule has 6 heteroatoms. The summed E-state index contributed by atoms with van der Waals surface area (Å²) >= 11 is 0. The van der Waals surface area contributed by atoms with Crippen LogP contribution in [0.2, 0.25) is 0 Å². The highest BCUT2D eigenvalue weighted by Gasteiger charge is 2.31. The number of aromatic nitrogens is 2. The van der Waals surface area contributed by atoms with Crippen LogP contribution in [-0.4, -0.2) is 40.0 Å². The molecule has 0 saturated carbocycles. The fourth-order valence-electron chi connectivity index (χ4n) is 5.60. The lowest BCUT2D eigenvalue weighted by Gasteiger charge is -2.38. The molecule has 6 nitrogen and oxygen atoms in total. The molecule has 198 valence electrons. The van der Waals surface area contributed by atoms with Gasteiger partial charge in [-0.25, -0.2) is 4.98 Å². The van der Waals surface area contributed by atoms with Gasteiger partial charge in [0.25, 0.3) is 0 Å². The first-order valence-corrected chi connectivity index (χ1v) is 13.7. The lowest BCUT2D eigenvalue weighted by Crippen LogP contribution is -2.45. The van der Waals surface area contributed by atoms with E-state index in [-0.39, 0.29) is 17.9 Å². The number of carbonyl (C=O) groups is 1. The van der Waals surface area contributed by atoms with Crippen molar-refractivity contribution in [3.8, 4) is 6.07 Å². The van der Waals surface area contributed by atoms with Crippen LogP contribution in [-0.2, 0) is 17.8 Å². The van der Waals surface area contributed by atoms with E-state index in [1.165, 1.54) is 11.1 Å². The zero-order valence-corrected chi connectivity index (χ0v) is 22.5. The van der Waals surface area contributed by atoms with Crippen molar-refractivity contribution >= 4 is 5.91 Å². The number of imidazole rings is 1. The summed E-state index contributed by atoms with van der Waals surface area (Å²) in [6, 6.07) is 31.2. The third-order valence-corrected chi connectivity index (χ3v) is 7.66. The number of nitrogens with one attached hydrogen (secondary N) is 1. The lowest BCUT2D eigenvalue weighted by atomic mass is 9.91. The Bertz CT molecular complexity index is 1370. The quantitative estimate of drug-likeness (QED) is 0.328. The number of hydrogen-bond donors (Lipinski definition) is 1. The van der Waals surface area contributed by atoms with E-state index in [0.717, 1.165) is 49.4 Å². The first-order chi connectivity index (χ1) is 19.1. The fourth-order valence-corrected chi connectivity index (χ4v) is 5.60. The zero-order chi connectivity index (χ0) is 27.0. The number of nitrogens with zero attached hydrogens (tertiary/aromatic N) is 4. The third kappa shape index (κ3) is 6.45. The molecule has 1 saturated heterocycles. The SMILES string of the molecule is Cc1ncc(CCNC(=O)C2CCCN(C(c3ccccc3)c3ccccc3)C2)n1Cc1ccc(C#N)cc1. The number of likely N-dealkylation sites (tertiary alicyclic amines) is 1. The topological polar surface area (TPSA) is 74.0 Å². The molecule has 0 bridgehead atoms. The van der Waals surface area contributed by atoms with Crippen LogP contribution in [0.25, 0.3) is 0 Å². The average Bonchev–Trinajstić information content (AvgIpc) is 3.33. The Morgan fingerprint density at radius 1 is 1.03 bits per heavy atom. The number of piperidine rings is 1. The second kappa shape index (κ2) is 12.6. The highest BCUT2D eigenvalue weighted by Crippen LogP contribution is 2.32. The van der Waals surface area contributed by atoms with E-state index in [0.29, 0.717) is 18.7 Å². The predicted octanol–water partition coefficient (Wildman–Crippen LogP) is 5.27. The Labute approximate surface area is 230 Å². The molecule has 0 aliphatic carbocycles. The molecule has 1 atom stereocenters. The highest BCUT2D eigenvalue weighted by atomic mass is 16.1. The van der Waals surface area contributed by atoms with Crippen molar-refractivity contribution in [1.82, 2.24) is 19.8 Å². The molecule has 3 aromatic carbocycles. The Morgan fingerprint density at radius 2 is 1.69 bits per heavy atom. The van der Waals surface area contributed by atoms with Gasteiger partial charge in [0.05, 0.1) is 23.6 Å². The fraction of sp³-hybridized carbons (Fsp3) is 0.303. The molecule has 1 unspecified atom stereocenters. The number of hydrogen-bond acceptors (Lipinski definition) is 4. The minimum absolute atomic E-state index is 0.0287. The maximum absolute atomic E-state index is 13.3. The number of rotatable bonds is 9. The summed E-state index contributed by atoms with van der Waals surface area (Å²) in [6.45, 7) is 4.99. The van der Waals surface area contributed by atoms with Gasteiger partial charge >= 0.3 is 0 Å². The number of aryl methyl sites for hydroxylation is 1. The molecular formula is C33H35N5O. The number of nitriles is 1. The summed E-state index contributed by atoms with van der Waals surface area (Å²) in [5.74, 6) is 1.05. The van der Waals surface area contributed by atoms with Gasteiger partial charge in [-0.2, -0.15) is 5.26 Å². The maximum Gasteiger partial charge on any atom is 0.224 e. The van der Waals surface area contributed by atoms with Crippen LogP contribution < -0.4 is 5.32 Å². The van der Waals surface area contributed by atoms with Crippen molar-refractivity contribution in [2.75, 3.05) is 19.6 Å². The van der Waals surface area contributed by atoms with Gasteiger partial charge in [-0.3, -0.25) is 9.69 Å². The Hall–Kier alpha value is -4.21. The van der Waals surface area contributed by atoms with E-state index < -0.39 is 0 Å². The van der Waals surface area contributed by atoms with Crippen molar-refractivity contribution in [3.63, 3.8) is 0 Å². The van der Waals surface area contributed by atoms with Crippen LogP contribution in [0.3, 0.4) is 0 Å². The van der Waals surface area contributed by atoms with Gasteiger partial charge in [0.15, 0.2) is 0 Å². The Morgan fingerprint density at radius 3 is 2.33 bits per heavy atom. The van der Waals surface area contributed by atoms with E-state index >= 15 is 0 Å². The molecule has 1 fully saturated rings. The van der Waals surface area contributed by atoms with Gasteiger partial charge in [0, 0.05) is 37.9 Å². The van der Waals surface area contributed by atoms with Gasteiger partial charge in [-0.1, -0.05) is 72.8 Å². The normalized spacial score (nSPS) is 15.7. The van der Waals surface area contributed by atoms with Crippen LogP contribution >= 0.6 is 0 Å². The third-order valence-electron chi connectivity index (χ3n) is 7.66. The molecule has 1 aliphatic heterocycles. The maximum atomic E-state index is 13.3. The zero-order valence-electron chi connectivity index (χ0n) is 22.5.